The van der Waals surface area contributed by atoms with Crippen molar-refractivity contribution in [3.63, 3.8) is 0 Å². The van der Waals surface area contributed by atoms with Gasteiger partial charge in [-0.15, -0.1) is 5.10 Å². The zero-order valence-corrected chi connectivity index (χ0v) is 15.6. The molecule has 28 heavy (non-hydrogen) atoms. The second kappa shape index (κ2) is 6.56. The summed E-state index contributed by atoms with van der Waals surface area (Å²) in [6, 6.07) is 9.60. The fraction of sp³-hybridized carbons (Fsp3) is 0.200. The van der Waals surface area contributed by atoms with Gasteiger partial charge >= 0.3 is 0 Å². The minimum Gasteiger partial charge on any atom is -0.344 e. The van der Waals surface area contributed by atoms with E-state index < -0.39 is 17.3 Å². The van der Waals surface area contributed by atoms with E-state index in [2.05, 4.69) is 20.6 Å². The van der Waals surface area contributed by atoms with Gasteiger partial charge < -0.3 is 10.3 Å². The van der Waals surface area contributed by atoms with Crippen LogP contribution >= 0.6 is 0 Å². The van der Waals surface area contributed by atoms with Crippen LogP contribution in [0, 0.1) is 19.7 Å². The molecule has 4 rings (SSSR count). The van der Waals surface area contributed by atoms with Crippen LogP contribution in [-0.2, 0) is 0 Å². The SMILES string of the molecule is Cc1ccc([C@@H](C)NC(=O)c2nnn3c2c(=O)[nH]c2cc(F)ccc23)cc1C. The predicted octanol–water partition coefficient (Wildman–Crippen LogP) is 2.82. The molecule has 0 aliphatic rings. The molecule has 0 bridgehead atoms. The lowest BCUT2D eigenvalue weighted by atomic mass is 10.0. The van der Waals surface area contributed by atoms with E-state index >= 15 is 0 Å². The number of hydrogen-bond acceptors (Lipinski definition) is 4. The number of halogens is 1. The third-order valence-corrected chi connectivity index (χ3v) is 4.91. The van der Waals surface area contributed by atoms with Crippen LogP contribution in [0.4, 0.5) is 4.39 Å². The molecule has 2 heterocycles. The summed E-state index contributed by atoms with van der Waals surface area (Å²) in [6.07, 6.45) is 0. The van der Waals surface area contributed by atoms with Crippen LogP contribution in [0.15, 0.2) is 41.2 Å². The van der Waals surface area contributed by atoms with E-state index in [0.717, 1.165) is 11.1 Å². The van der Waals surface area contributed by atoms with Gasteiger partial charge in [0.2, 0.25) is 0 Å². The number of nitrogens with one attached hydrogen (secondary N) is 2. The van der Waals surface area contributed by atoms with Gasteiger partial charge in [0.1, 0.15) is 5.82 Å². The first kappa shape index (κ1) is 17.8. The van der Waals surface area contributed by atoms with Crippen molar-refractivity contribution >= 4 is 22.5 Å². The molecule has 1 atom stereocenters. The van der Waals surface area contributed by atoms with E-state index in [1.807, 2.05) is 39.0 Å². The van der Waals surface area contributed by atoms with Gasteiger partial charge in [-0.3, -0.25) is 9.59 Å². The van der Waals surface area contributed by atoms with Crippen LogP contribution in [0.3, 0.4) is 0 Å². The Balaban J connectivity index is 1.72. The maximum atomic E-state index is 13.4. The molecule has 0 saturated heterocycles. The van der Waals surface area contributed by atoms with Gasteiger partial charge in [-0.05, 0) is 55.7 Å². The number of amides is 1. The Labute approximate surface area is 159 Å². The van der Waals surface area contributed by atoms with Crippen LogP contribution in [0.2, 0.25) is 0 Å². The Morgan fingerprint density at radius 1 is 1.18 bits per heavy atom. The highest BCUT2D eigenvalue weighted by molar-refractivity contribution is 5.99. The molecule has 1 amide bonds. The first-order chi connectivity index (χ1) is 13.3. The number of H-pyrrole nitrogens is 1. The average molecular weight is 379 g/mol. The molecule has 2 N–H and O–H groups in total. The lowest BCUT2D eigenvalue weighted by Gasteiger charge is -2.15. The number of rotatable bonds is 3. The van der Waals surface area contributed by atoms with Gasteiger partial charge in [0.15, 0.2) is 11.2 Å². The smallest absolute Gasteiger partial charge is 0.277 e. The lowest BCUT2D eigenvalue weighted by molar-refractivity contribution is 0.0936. The van der Waals surface area contributed by atoms with E-state index in [4.69, 9.17) is 0 Å². The fourth-order valence-corrected chi connectivity index (χ4v) is 3.16. The molecule has 0 aliphatic heterocycles. The fourth-order valence-electron chi connectivity index (χ4n) is 3.16. The largest absolute Gasteiger partial charge is 0.344 e. The minimum atomic E-state index is -0.563. The van der Waals surface area contributed by atoms with Gasteiger partial charge in [-0.2, -0.15) is 0 Å². The molecular weight excluding hydrogens is 361 g/mol. The van der Waals surface area contributed by atoms with Gasteiger partial charge in [0.25, 0.3) is 11.5 Å². The summed E-state index contributed by atoms with van der Waals surface area (Å²) in [5.74, 6) is -0.990. The zero-order chi connectivity index (χ0) is 20.0. The molecule has 7 nitrogen and oxygen atoms in total. The second-order valence-electron chi connectivity index (χ2n) is 6.85. The van der Waals surface area contributed by atoms with Crippen molar-refractivity contribution in [2.45, 2.75) is 26.8 Å². The van der Waals surface area contributed by atoms with Crippen molar-refractivity contribution in [3.05, 3.63) is 75.0 Å². The van der Waals surface area contributed by atoms with Gasteiger partial charge in [0, 0.05) is 0 Å². The Kier molecular flexibility index (Phi) is 4.18. The van der Waals surface area contributed by atoms with Crippen molar-refractivity contribution < 1.29 is 9.18 Å². The number of aryl methyl sites for hydroxylation is 2. The molecule has 8 heteroatoms. The van der Waals surface area contributed by atoms with Crippen molar-refractivity contribution in [1.29, 1.82) is 0 Å². The Hall–Kier alpha value is -3.55. The molecule has 0 aliphatic carbocycles. The molecule has 0 fully saturated rings. The first-order valence-electron chi connectivity index (χ1n) is 8.80. The van der Waals surface area contributed by atoms with E-state index in [1.165, 1.54) is 28.3 Å². The summed E-state index contributed by atoms with van der Waals surface area (Å²) in [5, 5.41) is 10.7. The monoisotopic (exact) mass is 379 g/mol. The number of hydrogen-bond donors (Lipinski definition) is 2. The third kappa shape index (κ3) is 2.92. The number of benzene rings is 2. The van der Waals surface area contributed by atoms with Gasteiger partial charge in [0.05, 0.1) is 17.1 Å². The first-order valence-corrected chi connectivity index (χ1v) is 8.80. The molecule has 2 aromatic heterocycles. The van der Waals surface area contributed by atoms with Crippen LogP contribution in [0.5, 0.6) is 0 Å². The van der Waals surface area contributed by atoms with E-state index in [-0.39, 0.29) is 22.8 Å². The molecular formula is C20H18FN5O2. The van der Waals surface area contributed by atoms with E-state index in [0.29, 0.717) is 5.52 Å². The number of carbonyl (C=O) groups is 1. The molecule has 142 valence electrons. The van der Waals surface area contributed by atoms with E-state index in [1.54, 1.807) is 0 Å². The summed E-state index contributed by atoms with van der Waals surface area (Å²) < 4.78 is 14.7. The highest BCUT2D eigenvalue weighted by Gasteiger charge is 2.21. The third-order valence-electron chi connectivity index (χ3n) is 4.91. The van der Waals surface area contributed by atoms with Crippen molar-refractivity contribution in [1.82, 2.24) is 25.1 Å². The van der Waals surface area contributed by atoms with Crippen molar-refractivity contribution in [2.75, 3.05) is 0 Å². The summed E-state index contributed by atoms with van der Waals surface area (Å²) in [6.45, 7) is 5.89. The van der Waals surface area contributed by atoms with E-state index in [9.17, 15) is 14.0 Å². The number of nitrogens with zero attached hydrogens (tertiary/aromatic N) is 3. The summed E-state index contributed by atoms with van der Waals surface area (Å²) in [4.78, 5) is 27.8. The normalized spacial score (nSPS) is 12.4. The number of aromatic nitrogens is 4. The molecule has 4 aromatic rings. The highest BCUT2D eigenvalue weighted by atomic mass is 19.1. The summed E-state index contributed by atoms with van der Waals surface area (Å²) >= 11 is 0. The van der Waals surface area contributed by atoms with Crippen molar-refractivity contribution in [2.24, 2.45) is 0 Å². The molecule has 0 unspecified atom stereocenters. The Morgan fingerprint density at radius 2 is 1.96 bits per heavy atom. The molecule has 0 spiro atoms. The zero-order valence-electron chi connectivity index (χ0n) is 15.6. The van der Waals surface area contributed by atoms with Gasteiger partial charge in [-0.1, -0.05) is 23.4 Å². The standard InChI is InChI=1S/C20H18FN5O2/c1-10-4-5-13(8-11(10)2)12(3)22-19(27)17-18-20(28)23-15-9-14(21)6-7-16(15)26(18)25-24-17/h4-9,12H,1-3H3,(H,22,27)(H,23,28)/t12-/m1/s1. The maximum Gasteiger partial charge on any atom is 0.277 e. The molecule has 0 radical (unpaired) electrons. The van der Waals surface area contributed by atoms with Gasteiger partial charge in [-0.25, -0.2) is 8.91 Å². The van der Waals surface area contributed by atoms with Crippen LogP contribution in [-0.4, -0.2) is 25.7 Å². The summed E-state index contributed by atoms with van der Waals surface area (Å²) in [5.41, 5.74) is 3.34. The molecule has 2 aromatic carbocycles. The highest BCUT2D eigenvalue weighted by Crippen LogP contribution is 2.18. The lowest BCUT2D eigenvalue weighted by Crippen LogP contribution is -2.28. The summed E-state index contributed by atoms with van der Waals surface area (Å²) in [7, 11) is 0. The van der Waals surface area contributed by atoms with Crippen LogP contribution < -0.4 is 10.9 Å². The number of carbonyl (C=O) groups excluding carboxylic acids is 1. The van der Waals surface area contributed by atoms with Crippen LogP contribution in [0.1, 0.15) is 40.1 Å². The average Bonchev–Trinajstić information content (AvgIpc) is 3.09. The quantitative estimate of drug-likeness (QED) is 0.573. The van der Waals surface area contributed by atoms with Crippen molar-refractivity contribution in [3.8, 4) is 0 Å². The van der Waals surface area contributed by atoms with Crippen LogP contribution in [0.25, 0.3) is 16.6 Å². The second-order valence-corrected chi connectivity index (χ2v) is 6.85. The predicted molar refractivity (Wildman–Crippen MR) is 103 cm³/mol. The number of fused-ring (bicyclic) bond motifs is 3. The number of aromatic amines is 1. The Morgan fingerprint density at radius 3 is 2.71 bits per heavy atom. The molecule has 0 saturated carbocycles. The Bertz CT molecular complexity index is 1290. The maximum absolute atomic E-state index is 13.4. The minimum absolute atomic E-state index is 0.0175. The topological polar surface area (TPSA) is 92.2 Å².